The van der Waals surface area contributed by atoms with Crippen molar-refractivity contribution in [2.45, 2.75) is 49.6 Å². The molecule has 2 saturated heterocycles. The van der Waals surface area contributed by atoms with Gasteiger partial charge in [-0.2, -0.15) is 0 Å². The van der Waals surface area contributed by atoms with Crippen molar-refractivity contribution in [3.63, 3.8) is 0 Å². The monoisotopic (exact) mass is 535 g/mol. The second-order valence-electron chi connectivity index (χ2n) is 10.4. The number of hydrogen-bond acceptors (Lipinski definition) is 8. The van der Waals surface area contributed by atoms with Gasteiger partial charge in [0.15, 0.2) is 5.65 Å². The standard InChI is InChI=1S/C26H33N9O2S/c1-17-5-4-8-34(17)20-11-18(12-21(13-20)38(36,37)27-2)23-15-29-26-25(30-23)22(14-28-26)24-16-35(32-31-24)19-6-9-33(3)10-7-19/h11-17,19,27H,4-10H2,1-3H3,(H,28,29). The van der Waals surface area contributed by atoms with E-state index in [9.17, 15) is 8.42 Å². The van der Waals surface area contributed by atoms with E-state index in [2.05, 4.69) is 48.8 Å². The van der Waals surface area contributed by atoms with Crippen LogP contribution in [0, 0.1) is 0 Å². The van der Waals surface area contributed by atoms with Gasteiger partial charge in [-0.1, -0.05) is 5.21 Å². The SMILES string of the molecule is CNS(=O)(=O)c1cc(-c2cnc3[nH]cc(-c4cn(C5CCN(C)CC5)nn4)c3n2)cc(N2CCCC2C)c1. The number of nitrogens with zero attached hydrogens (tertiary/aromatic N) is 7. The van der Waals surface area contributed by atoms with Gasteiger partial charge in [0.25, 0.3) is 0 Å². The Morgan fingerprint density at radius 3 is 2.63 bits per heavy atom. The topological polar surface area (TPSA) is 125 Å². The van der Waals surface area contributed by atoms with Crippen molar-refractivity contribution < 1.29 is 8.42 Å². The molecule has 12 heteroatoms. The number of piperidine rings is 1. The molecule has 0 saturated carbocycles. The number of benzene rings is 1. The van der Waals surface area contributed by atoms with E-state index >= 15 is 0 Å². The van der Waals surface area contributed by atoms with E-state index in [1.54, 1.807) is 18.3 Å². The molecule has 0 amide bonds. The maximum atomic E-state index is 12.8. The lowest BCUT2D eigenvalue weighted by molar-refractivity contribution is 0.210. The fraction of sp³-hybridized carbons (Fsp3) is 0.462. The van der Waals surface area contributed by atoms with E-state index in [1.165, 1.54) is 7.05 Å². The number of fused-ring (bicyclic) bond motifs is 1. The lowest BCUT2D eigenvalue weighted by Crippen LogP contribution is -2.31. The summed E-state index contributed by atoms with van der Waals surface area (Å²) in [6.45, 7) is 5.15. The Bertz CT molecular complexity index is 1570. The smallest absolute Gasteiger partial charge is 0.240 e. The van der Waals surface area contributed by atoms with E-state index in [-0.39, 0.29) is 4.90 Å². The molecule has 6 rings (SSSR count). The summed E-state index contributed by atoms with van der Waals surface area (Å²) in [6, 6.07) is 6.09. The molecule has 0 spiro atoms. The van der Waals surface area contributed by atoms with Gasteiger partial charge in [-0.15, -0.1) is 5.10 Å². The van der Waals surface area contributed by atoms with E-state index in [1.807, 2.05) is 23.1 Å². The van der Waals surface area contributed by atoms with Gasteiger partial charge < -0.3 is 14.8 Å². The van der Waals surface area contributed by atoms with Gasteiger partial charge >= 0.3 is 0 Å². The summed E-state index contributed by atoms with van der Waals surface area (Å²) < 4.78 is 30.0. The number of likely N-dealkylation sites (tertiary alicyclic amines) is 1. The van der Waals surface area contributed by atoms with Crippen molar-refractivity contribution in [1.82, 2.24) is 39.6 Å². The molecule has 0 aliphatic carbocycles. The van der Waals surface area contributed by atoms with Gasteiger partial charge in [0.2, 0.25) is 10.0 Å². The molecule has 2 N–H and O–H groups in total. The van der Waals surface area contributed by atoms with Crippen LogP contribution >= 0.6 is 0 Å². The molecule has 1 unspecified atom stereocenters. The predicted molar refractivity (Wildman–Crippen MR) is 146 cm³/mol. The minimum Gasteiger partial charge on any atom is -0.369 e. The highest BCUT2D eigenvalue weighted by Crippen LogP contribution is 2.34. The highest BCUT2D eigenvalue weighted by molar-refractivity contribution is 7.89. The lowest BCUT2D eigenvalue weighted by atomic mass is 10.1. The summed E-state index contributed by atoms with van der Waals surface area (Å²) in [6.07, 6.45) is 9.77. The largest absolute Gasteiger partial charge is 0.369 e. The maximum absolute atomic E-state index is 12.8. The van der Waals surface area contributed by atoms with Crippen LogP contribution in [0.5, 0.6) is 0 Å². The molecule has 3 aromatic heterocycles. The van der Waals surface area contributed by atoms with Gasteiger partial charge in [0.1, 0.15) is 11.2 Å². The molecule has 2 aliphatic rings. The molecule has 5 heterocycles. The predicted octanol–water partition coefficient (Wildman–Crippen LogP) is 3.05. The fourth-order valence-corrected chi connectivity index (χ4v) is 6.34. The van der Waals surface area contributed by atoms with Gasteiger partial charge in [-0.3, -0.25) is 0 Å². The minimum absolute atomic E-state index is 0.212. The number of H-pyrrole nitrogens is 1. The van der Waals surface area contributed by atoms with Gasteiger partial charge in [-0.05, 0) is 78.0 Å². The Hall–Kier alpha value is -3.35. The van der Waals surface area contributed by atoms with Crippen molar-refractivity contribution in [3.8, 4) is 22.5 Å². The van der Waals surface area contributed by atoms with E-state index < -0.39 is 10.0 Å². The number of hydrogen-bond donors (Lipinski definition) is 2. The molecule has 200 valence electrons. The summed E-state index contributed by atoms with van der Waals surface area (Å²) in [5.41, 5.74) is 5.05. The highest BCUT2D eigenvalue weighted by Gasteiger charge is 2.25. The Morgan fingerprint density at radius 1 is 1.08 bits per heavy atom. The van der Waals surface area contributed by atoms with Crippen LogP contribution in [-0.4, -0.2) is 83.0 Å². The first kappa shape index (κ1) is 25.0. The first-order valence-electron chi connectivity index (χ1n) is 13.1. The summed E-state index contributed by atoms with van der Waals surface area (Å²) in [5, 5.41) is 8.88. The number of sulfonamides is 1. The van der Waals surface area contributed by atoms with E-state index in [0.29, 0.717) is 34.5 Å². The summed E-state index contributed by atoms with van der Waals surface area (Å²) in [4.78, 5) is 17.5. The normalized spacial score (nSPS) is 19.6. The Morgan fingerprint density at radius 2 is 1.89 bits per heavy atom. The van der Waals surface area contributed by atoms with Crippen molar-refractivity contribution >= 4 is 26.9 Å². The number of nitrogens with one attached hydrogen (secondary N) is 2. The molecular formula is C26H33N9O2S. The molecule has 0 bridgehead atoms. The first-order valence-corrected chi connectivity index (χ1v) is 14.6. The molecule has 2 aliphatic heterocycles. The Kier molecular flexibility index (Phi) is 6.40. The van der Waals surface area contributed by atoms with Crippen LogP contribution in [0.3, 0.4) is 0 Å². The Balaban J connectivity index is 1.40. The van der Waals surface area contributed by atoms with Crippen LogP contribution in [0.25, 0.3) is 33.7 Å². The number of aromatic amines is 1. The lowest BCUT2D eigenvalue weighted by Gasteiger charge is -2.28. The van der Waals surface area contributed by atoms with Crippen LogP contribution in [0.4, 0.5) is 5.69 Å². The third-order valence-electron chi connectivity index (χ3n) is 7.88. The van der Waals surface area contributed by atoms with Gasteiger partial charge in [0, 0.05) is 35.6 Å². The van der Waals surface area contributed by atoms with Crippen molar-refractivity contribution in [3.05, 3.63) is 36.8 Å². The number of anilines is 1. The fourth-order valence-electron chi connectivity index (χ4n) is 5.55. The summed E-state index contributed by atoms with van der Waals surface area (Å²) in [5.74, 6) is 0. The van der Waals surface area contributed by atoms with Crippen molar-refractivity contribution in [1.29, 1.82) is 0 Å². The van der Waals surface area contributed by atoms with Crippen molar-refractivity contribution in [2.24, 2.45) is 0 Å². The molecule has 11 nitrogen and oxygen atoms in total. The molecule has 2 fully saturated rings. The van der Waals surface area contributed by atoms with E-state index in [4.69, 9.17) is 4.98 Å². The number of aromatic nitrogens is 6. The second kappa shape index (κ2) is 9.75. The molecule has 4 aromatic rings. The van der Waals surface area contributed by atoms with Gasteiger partial charge in [0.05, 0.1) is 29.0 Å². The maximum Gasteiger partial charge on any atom is 0.240 e. The minimum atomic E-state index is -3.65. The van der Waals surface area contributed by atoms with Crippen LogP contribution in [0.1, 0.15) is 38.6 Å². The molecule has 0 radical (unpaired) electrons. The van der Waals surface area contributed by atoms with Crippen LogP contribution in [0.2, 0.25) is 0 Å². The zero-order valence-corrected chi connectivity index (χ0v) is 22.7. The third-order valence-corrected chi connectivity index (χ3v) is 9.27. The van der Waals surface area contributed by atoms with Crippen molar-refractivity contribution in [2.75, 3.05) is 38.6 Å². The highest BCUT2D eigenvalue weighted by atomic mass is 32.2. The zero-order chi connectivity index (χ0) is 26.4. The molecule has 1 atom stereocenters. The molecular weight excluding hydrogens is 502 g/mol. The summed E-state index contributed by atoms with van der Waals surface area (Å²) in [7, 11) is -0.0776. The molecule has 38 heavy (non-hydrogen) atoms. The van der Waals surface area contributed by atoms with Gasteiger partial charge in [-0.25, -0.2) is 27.8 Å². The quantitative estimate of drug-likeness (QED) is 0.386. The number of rotatable bonds is 6. The Labute approximate surface area is 222 Å². The average Bonchev–Trinajstić information content (AvgIpc) is 3.68. The zero-order valence-electron chi connectivity index (χ0n) is 21.9. The third kappa shape index (κ3) is 4.56. The van der Waals surface area contributed by atoms with Crippen LogP contribution in [0.15, 0.2) is 41.7 Å². The average molecular weight is 536 g/mol. The summed E-state index contributed by atoms with van der Waals surface area (Å²) >= 11 is 0. The second-order valence-corrected chi connectivity index (χ2v) is 12.3. The molecule has 1 aromatic carbocycles. The first-order chi connectivity index (χ1) is 18.3. The van der Waals surface area contributed by atoms with Crippen LogP contribution < -0.4 is 9.62 Å². The van der Waals surface area contributed by atoms with Crippen LogP contribution in [-0.2, 0) is 10.0 Å². The van der Waals surface area contributed by atoms with E-state index in [0.717, 1.165) is 62.3 Å².